The van der Waals surface area contributed by atoms with Crippen molar-refractivity contribution in [3.05, 3.63) is 77.1 Å². The van der Waals surface area contributed by atoms with Crippen LogP contribution >= 0.6 is 34.0 Å². The first-order chi connectivity index (χ1) is 18.2. The van der Waals surface area contributed by atoms with Gasteiger partial charge in [-0.3, -0.25) is 0 Å². The molecule has 0 fully saturated rings. The van der Waals surface area contributed by atoms with E-state index in [9.17, 15) is 0 Å². The Kier molecular flexibility index (Phi) is 9.19. The van der Waals surface area contributed by atoms with Gasteiger partial charge in [-0.25, -0.2) is 9.97 Å². The highest BCUT2D eigenvalue weighted by atomic mass is 32.1. The van der Waals surface area contributed by atoms with Crippen LogP contribution in [0.3, 0.4) is 0 Å². The first kappa shape index (κ1) is 26.3. The molecule has 0 aliphatic heterocycles. The van der Waals surface area contributed by atoms with Gasteiger partial charge < -0.3 is 0 Å². The Morgan fingerprint density at radius 1 is 0.568 bits per heavy atom. The molecule has 5 rings (SSSR count). The molecule has 1 aromatic carbocycles. The number of nitrogens with zero attached hydrogens (tertiary/aromatic N) is 2. The number of hydrogen-bond donors (Lipinski definition) is 0. The van der Waals surface area contributed by atoms with Crippen LogP contribution in [0.1, 0.15) is 84.7 Å². The molecule has 4 heterocycles. The molecule has 0 spiro atoms. The normalized spacial score (nSPS) is 12.9. The summed E-state index contributed by atoms with van der Waals surface area (Å²) in [5.74, 6) is 0. The minimum Gasteiger partial charge on any atom is -0.243 e. The third-order valence-electron chi connectivity index (χ3n) is 6.72. The predicted molar refractivity (Wildman–Crippen MR) is 166 cm³/mol. The van der Waals surface area contributed by atoms with E-state index in [1.165, 1.54) is 92.8 Å². The van der Waals surface area contributed by atoms with Crippen LogP contribution in [0.4, 0.5) is 0 Å². The molecule has 0 aliphatic rings. The molecule has 0 saturated heterocycles. The van der Waals surface area contributed by atoms with E-state index in [1.54, 1.807) is 0 Å². The Labute approximate surface area is 232 Å². The molecule has 0 atom stereocenters. The molecule has 5 heteroatoms. The van der Waals surface area contributed by atoms with Gasteiger partial charge in [0, 0.05) is 19.5 Å². The van der Waals surface area contributed by atoms with Crippen molar-refractivity contribution in [3.63, 3.8) is 0 Å². The van der Waals surface area contributed by atoms with Crippen molar-refractivity contribution >= 4 is 68.2 Å². The van der Waals surface area contributed by atoms with Gasteiger partial charge >= 0.3 is 0 Å². The number of aromatic nitrogens is 2. The summed E-state index contributed by atoms with van der Waals surface area (Å²) in [6.07, 6.45) is 17.5. The number of unbranched alkanes of at least 4 members (excludes halogenated alkanes) is 6. The van der Waals surface area contributed by atoms with Crippen molar-refractivity contribution in [2.45, 2.75) is 78.1 Å². The standard InChI is InChI=1S/C32H36N2S3/c1-3-5-7-9-13-23-17-19-25(35-23)21-29-31-32(34-28-16-12-11-15-27(28)33-31)30(37-29)22-26-20-18-24(36-26)14-10-8-6-4-2/h11-12,15-22H,3-10,13-14H2,1-2H3. The van der Waals surface area contributed by atoms with Crippen molar-refractivity contribution in [1.29, 1.82) is 0 Å². The van der Waals surface area contributed by atoms with Gasteiger partial charge in [0.2, 0.25) is 0 Å². The Morgan fingerprint density at radius 2 is 1.05 bits per heavy atom. The van der Waals surface area contributed by atoms with E-state index < -0.39 is 0 Å². The molecule has 0 unspecified atom stereocenters. The first-order valence-electron chi connectivity index (χ1n) is 13.8. The van der Waals surface area contributed by atoms with Gasteiger partial charge in [0.15, 0.2) is 0 Å². The highest BCUT2D eigenvalue weighted by Gasteiger charge is 2.09. The average molecular weight is 545 g/mol. The van der Waals surface area contributed by atoms with Crippen LogP contribution in [-0.4, -0.2) is 9.97 Å². The zero-order chi connectivity index (χ0) is 25.5. The second-order valence-electron chi connectivity index (χ2n) is 9.76. The molecule has 2 nitrogen and oxygen atoms in total. The van der Waals surface area contributed by atoms with Gasteiger partial charge in [-0.05, 0) is 74.2 Å². The molecule has 0 N–H and O–H groups in total. The number of hydrogen-bond acceptors (Lipinski definition) is 5. The molecule has 0 saturated carbocycles. The van der Waals surface area contributed by atoms with Gasteiger partial charge in [-0.15, -0.1) is 34.0 Å². The van der Waals surface area contributed by atoms with Gasteiger partial charge in [0.1, 0.15) is 11.0 Å². The van der Waals surface area contributed by atoms with Crippen molar-refractivity contribution in [3.8, 4) is 0 Å². The van der Waals surface area contributed by atoms with Crippen molar-refractivity contribution in [2.24, 2.45) is 0 Å². The fourth-order valence-electron chi connectivity index (χ4n) is 4.68. The van der Waals surface area contributed by atoms with Crippen molar-refractivity contribution in [1.82, 2.24) is 9.97 Å². The number of para-hydroxylation sites is 2. The van der Waals surface area contributed by atoms with E-state index >= 15 is 0 Å². The molecule has 5 aromatic rings. The monoisotopic (exact) mass is 544 g/mol. The summed E-state index contributed by atoms with van der Waals surface area (Å²) in [5, 5.41) is 0. The summed E-state index contributed by atoms with van der Waals surface area (Å²) >= 11 is 5.66. The van der Waals surface area contributed by atoms with E-state index in [0.717, 1.165) is 22.1 Å². The zero-order valence-electron chi connectivity index (χ0n) is 22.0. The third kappa shape index (κ3) is 6.76. The summed E-state index contributed by atoms with van der Waals surface area (Å²) < 4.78 is 2.41. The Bertz CT molecular complexity index is 1450. The van der Waals surface area contributed by atoms with E-state index in [2.05, 4.69) is 62.4 Å². The maximum absolute atomic E-state index is 5.08. The third-order valence-corrected chi connectivity index (χ3v) is 9.97. The molecular weight excluding hydrogens is 509 g/mol. The molecule has 0 radical (unpaired) electrons. The lowest BCUT2D eigenvalue weighted by molar-refractivity contribution is 0.670. The Hall–Kier alpha value is -2.34. The lowest BCUT2D eigenvalue weighted by Gasteiger charge is -1.97. The van der Waals surface area contributed by atoms with Crippen LogP contribution in [0, 0.1) is 0 Å². The van der Waals surface area contributed by atoms with Gasteiger partial charge in [0.25, 0.3) is 0 Å². The second-order valence-corrected chi connectivity index (χ2v) is 13.2. The second kappa shape index (κ2) is 12.9. The minimum absolute atomic E-state index is 0.960. The maximum Gasteiger partial charge on any atom is 0.108 e. The Balaban J connectivity index is 1.50. The van der Waals surface area contributed by atoms with Crippen molar-refractivity contribution in [2.75, 3.05) is 0 Å². The van der Waals surface area contributed by atoms with E-state index in [1.807, 2.05) is 46.1 Å². The van der Waals surface area contributed by atoms with Crippen LogP contribution in [0.15, 0.2) is 48.5 Å². The number of aryl methyl sites for hydroxylation is 2. The lowest BCUT2D eigenvalue weighted by atomic mass is 10.1. The Morgan fingerprint density at radius 3 is 1.51 bits per heavy atom. The van der Waals surface area contributed by atoms with Crippen LogP contribution in [0.25, 0.3) is 34.2 Å². The molecule has 4 aromatic heterocycles. The topological polar surface area (TPSA) is 25.8 Å². The highest BCUT2D eigenvalue weighted by molar-refractivity contribution is 7.14. The molecule has 192 valence electrons. The fraction of sp³-hybridized carbons (Fsp3) is 0.375. The summed E-state index contributed by atoms with van der Waals surface area (Å²) in [6.45, 7) is 4.54. The lowest BCUT2D eigenvalue weighted by Crippen LogP contribution is -1.97. The minimum atomic E-state index is 0.960. The van der Waals surface area contributed by atoms with Crippen molar-refractivity contribution < 1.29 is 0 Å². The van der Waals surface area contributed by atoms with Crippen LogP contribution in [-0.2, 0) is 12.8 Å². The SMILES string of the molecule is CCCCCCc1ccc(C=c2sc(=Cc3ccc(CCCCCC)s3)c3nc4ccccc4nc23)s1. The largest absolute Gasteiger partial charge is 0.243 e. The zero-order valence-corrected chi connectivity index (χ0v) is 24.4. The van der Waals surface area contributed by atoms with E-state index in [-0.39, 0.29) is 0 Å². The van der Waals surface area contributed by atoms with Crippen LogP contribution < -0.4 is 9.06 Å². The number of rotatable bonds is 12. The van der Waals surface area contributed by atoms with E-state index in [4.69, 9.17) is 9.97 Å². The predicted octanol–water partition coefficient (Wildman–Crippen LogP) is 8.87. The fourth-order valence-corrected chi connectivity index (χ4v) is 7.91. The average Bonchev–Trinajstić information content (AvgIpc) is 3.64. The van der Waals surface area contributed by atoms with Gasteiger partial charge in [-0.2, -0.15) is 0 Å². The molecule has 0 aliphatic carbocycles. The summed E-state index contributed by atoms with van der Waals surface area (Å²) in [5.41, 5.74) is 3.96. The maximum atomic E-state index is 5.08. The molecule has 37 heavy (non-hydrogen) atoms. The summed E-state index contributed by atoms with van der Waals surface area (Å²) in [7, 11) is 0. The summed E-state index contributed by atoms with van der Waals surface area (Å²) in [6, 6.07) is 17.4. The van der Waals surface area contributed by atoms with Crippen LogP contribution in [0.2, 0.25) is 0 Å². The first-order valence-corrected chi connectivity index (χ1v) is 16.2. The molecule has 0 amide bonds. The number of thiophene rings is 3. The van der Waals surface area contributed by atoms with Crippen LogP contribution in [0.5, 0.6) is 0 Å². The number of benzene rings is 1. The van der Waals surface area contributed by atoms with Gasteiger partial charge in [0.05, 0.1) is 20.1 Å². The molecular formula is C32H36N2S3. The van der Waals surface area contributed by atoms with E-state index in [0.29, 0.717) is 0 Å². The smallest absolute Gasteiger partial charge is 0.108 e. The number of fused-ring (bicyclic) bond motifs is 2. The van der Waals surface area contributed by atoms with Gasteiger partial charge in [-0.1, -0.05) is 64.5 Å². The molecule has 0 bridgehead atoms. The summed E-state index contributed by atoms with van der Waals surface area (Å²) in [4.78, 5) is 15.7. The highest BCUT2D eigenvalue weighted by Crippen LogP contribution is 2.22. The quantitative estimate of drug-likeness (QED) is 0.147.